The molecule has 0 unspecified atom stereocenters. The third-order valence-corrected chi connectivity index (χ3v) is 4.59. The molecule has 0 aromatic heterocycles. The van der Waals surface area contributed by atoms with Crippen LogP contribution in [0.1, 0.15) is 20.8 Å². The van der Waals surface area contributed by atoms with E-state index in [2.05, 4.69) is 0 Å². The van der Waals surface area contributed by atoms with Gasteiger partial charge in [-0.25, -0.2) is 8.42 Å². The number of nitrogens with zero attached hydrogens (tertiary/aromatic N) is 1. The first-order chi connectivity index (χ1) is 8.77. The van der Waals surface area contributed by atoms with Crippen LogP contribution >= 0.6 is 0 Å². The number of sulfone groups is 1. The van der Waals surface area contributed by atoms with Crippen LogP contribution in [-0.2, 0) is 14.6 Å². The van der Waals surface area contributed by atoms with Gasteiger partial charge in [0.1, 0.15) is 6.54 Å². The molecule has 0 bridgehead atoms. The summed E-state index contributed by atoms with van der Waals surface area (Å²) in [5, 5.41) is 8.88. The van der Waals surface area contributed by atoms with Crippen LogP contribution in [-0.4, -0.2) is 37.8 Å². The minimum Gasteiger partial charge on any atom is -0.480 e. The highest BCUT2D eigenvalue weighted by Gasteiger charge is 2.16. The van der Waals surface area contributed by atoms with E-state index in [4.69, 9.17) is 5.11 Å². The molecule has 0 aliphatic heterocycles. The second-order valence-corrected chi connectivity index (χ2v) is 6.79. The Labute approximate surface area is 113 Å². The Kier molecular flexibility index (Phi) is 4.94. The van der Waals surface area contributed by atoms with Gasteiger partial charge in [0.15, 0.2) is 9.84 Å². The van der Waals surface area contributed by atoms with E-state index in [1.807, 2.05) is 13.8 Å². The van der Waals surface area contributed by atoms with Crippen LogP contribution in [0.15, 0.2) is 29.2 Å². The summed E-state index contributed by atoms with van der Waals surface area (Å²) in [7, 11) is -3.22. The first-order valence-corrected chi connectivity index (χ1v) is 7.74. The monoisotopic (exact) mass is 285 g/mol. The molecule has 0 aliphatic rings. The third-order valence-electron chi connectivity index (χ3n) is 2.84. The molecule has 0 saturated heterocycles. The zero-order valence-electron chi connectivity index (χ0n) is 11.3. The summed E-state index contributed by atoms with van der Waals surface area (Å²) in [6.07, 6.45) is 0. The van der Waals surface area contributed by atoms with E-state index in [1.54, 1.807) is 24.0 Å². The summed E-state index contributed by atoms with van der Waals surface area (Å²) >= 11 is 0. The molecule has 0 heterocycles. The SMILES string of the molecule is CCS(=O)(=O)c1ccc(N(CC(=O)O)C(C)C)cc1. The Bertz CT molecular complexity index is 534. The predicted octanol–water partition coefficient (Wildman–Crippen LogP) is 1.78. The molecule has 1 aromatic carbocycles. The largest absolute Gasteiger partial charge is 0.480 e. The molecule has 106 valence electrons. The standard InChI is InChI=1S/C13H19NO4S/c1-4-19(17,18)12-7-5-11(6-8-12)14(10(2)3)9-13(15)16/h5-8,10H,4,9H2,1-3H3,(H,15,16). The van der Waals surface area contributed by atoms with E-state index in [0.29, 0.717) is 5.69 Å². The molecule has 1 rings (SSSR count). The van der Waals surface area contributed by atoms with E-state index in [1.165, 1.54) is 12.1 Å². The van der Waals surface area contributed by atoms with E-state index in [0.717, 1.165) is 0 Å². The van der Waals surface area contributed by atoms with Gasteiger partial charge < -0.3 is 10.0 Å². The van der Waals surface area contributed by atoms with Crippen molar-refractivity contribution in [2.75, 3.05) is 17.2 Å². The molecule has 0 atom stereocenters. The fourth-order valence-corrected chi connectivity index (χ4v) is 2.61. The number of anilines is 1. The second-order valence-electron chi connectivity index (χ2n) is 4.51. The molecule has 1 aromatic rings. The molecule has 6 heteroatoms. The average molecular weight is 285 g/mol. The lowest BCUT2D eigenvalue weighted by molar-refractivity contribution is -0.135. The van der Waals surface area contributed by atoms with Crippen molar-refractivity contribution in [2.24, 2.45) is 0 Å². The summed E-state index contributed by atoms with van der Waals surface area (Å²) in [4.78, 5) is 12.8. The van der Waals surface area contributed by atoms with E-state index >= 15 is 0 Å². The van der Waals surface area contributed by atoms with Gasteiger partial charge in [-0.3, -0.25) is 4.79 Å². The smallest absolute Gasteiger partial charge is 0.323 e. The zero-order chi connectivity index (χ0) is 14.6. The quantitative estimate of drug-likeness (QED) is 0.862. The molecule has 0 radical (unpaired) electrons. The lowest BCUT2D eigenvalue weighted by Crippen LogP contribution is -2.35. The molecule has 0 spiro atoms. The summed E-state index contributed by atoms with van der Waals surface area (Å²) in [5.41, 5.74) is 0.701. The van der Waals surface area contributed by atoms with Crippen LogP contribution in [0.3, 0.4) is 0 Å². The van der Waals surface area contributed by atoms with Crippen LogP contribution in [0.2, 0.25) is 0 Å². The summed E-state index contributed by atoms with van der Waals surface area (Å²) in [5.74, 6) is -0.867. The first kappa shape index (κ1) is 15.5. The number of carbonyl (C=O) groups is 1. The van der Waals surface area contributed by atoms with Crippen molar-refractivity contribution < 1.29 is 18.3 Å². The van der Waals surface area contributed by atoms with Crippen LogP contribution in [0, 0.1) is 0 Å². The molecular formula is C13H19NO4S. The van der Waals surface area contributed by atoms with Crippen molar-refractivity contribution in [3.63, 3.8) is 0 Å². The van der Waals surface area contributed by atoms with Gasteiger partial charge in [-0.1, -0.05) is 6.92 Å². The van der Waals surface area contributed by atoms with Gasteiger partial charge in [-0.2, -0.15) is 0 Å². The normalized spacial score (nSPS) is 11.6. The van der Waals surface area contributed by atoms with Crippen molar-refractivity contribution in [1.82, 2.24) is 0 Å². The van der Waals surface area contributed by atoms with Gasteiger partial charge in [0.2, 0.25) is 0 Å². The first-order valence-electron chi connectivity index (χ1n) is 6.09. The Morgan fingerprint density at radius 3 is 2.16 bits per heavy atom. The van der Waals surface area contributed by atoms with Crippen LogP contribution < -0.4 is 4.90 Å². The minimum atomic E-state index is -3.22. The zero-order valence-corrected chi connectivity index (χ0v) is 12.1. The molecule has 5 nitrogen and oxygen atoms in total. The number of carboxylic acids is 1. The van der Waals surface area contributed by atoms with E-state index in [-0.39, 0.29) is 23.2 Å². The van der Waals surface area contributed by atoms with Crippen LogP contribution in [0.5, 0.6) is 0 Å². The fraction of sp³-hybridized carbons (Fsp3) is 0.462. The summed E-state index contributed by atoms with van der Waals surface area (Å²) in [6, 6.07) is 6.35. The van der Waals surface area contributed by atoms with Gasteiger partial charge in [0.05, 0.1) is 10.6 Å². The lowest BCUT2D eigenvalue weighted by Gasteiger charge is -2.27. The summed E-state index contributed by atoms with van der Waals surface area (Å²) in [6.45, 7) is 5.25. The predicted molar refractivity (Wildman–Crippen MR) is 74.3 cm³/mol. The maximum atomic E-state index is 11.7. The van der Waals surface area contributed by atoms with Crippen molar-refractivity contribution in [1.29, 1.82) is 0 Å². The Balaban J connectivity index is 3.05. The molecule has 0 aliphatic carbocycles. The van der Waals surface area contributed by atoms with Crippen molar-refractivity contribution in [3.8, 4) is 0 Å². The van der Waals surface area contributed by atoms with Crippen molar-refractivity contribution >= 4 is 21.5 Å². The number of carboxylic acid groups (broad SMARTS) is 1. The highest BCUT2D eigenvalue weighted by molar-refractivity contribution is 7.91. The number of rotatable bonds is 6. The van der Waals surface area contributed by atoms with Gasteiger partial charge in [0.25, 0.3) is 0 Å². The van der Waals surface area contributed by atoms with Gasteiger partial charge in [-0.15, -0.1) is 0 Å². The van der Waals surface area contributed by atoms with E-state index < -0.39 is 15.8 Å². The molecule has 19 heavy (non-hydrogen) atoms. The Hall–Kier alpha value is -1.56. The second kappa shape index (κ2) is 6.06. The molecule has 1 N–H and O–H groups in total. The highest BCUT2D eigenvalue weighted by atomic mass is 32.2. The number of aliphatic carboxylic acids is 1. The molecule has 0 amide bonds. The average Bonchev–Trinajstić information content (AvgIpc) is 2.35. The topological polar surface area (TPSA) is 74.7 Å². The van der Waals surface area contributed by atoms with Gasteiger partial charge in [-0.05, 0) is 38.1 Å². The molecule has 0 fully saturated rings. The van der Waals surface area contributed by atoms with Crippen LogP contribution in [0.25, 0.3) is 0 Å². The molecular weight excluding hydrogens is 266 g/mol. The molecule has 0 saturated carbocycles. The van der Waals surface area contributed by atoms with Crippen LogP contribution in [0.4, 0.5) is 5.69 Å². The number of hydrogen-bond acceptors (Lipinski definition) is 4. The summed E-state index contributed by atoms with van der Waals surface area (Å²) < 4.78 is 23.4. The number of hydrogen-bond donors (Lipinski definition) is 1. The Morgan fingerprint density at radius 2 is 1.79 bits per heavy atom. The lowest BCUT2D eigenvalue weighted by atomic mass is 10.2. The highest BCUT2D eigenvalue weighted by Crippen LogP contribution is 2.20. The maximum Gasteiger partial charge on any atom is 0.323 e. The fourth-order valence-electron chi connectivity index (χ4n) is 1.73. The van der Waals surface area contributed by atoms with Crippen molar-refractivity contribution in [3.05, 3.63) is 24.3 Å². The number of benzene rings is 1. The van der Waals surface area contributed by atoms with Gasteiger partial charge in [0, 0.05) is 11.7 Å². The van der Waals surface area contributed by atoms with Gasteiger partial charge >= 0.3 is 5.97 Å². The van der Waals surface area contributed by atoms with Crippen molar-refractivity contribution in [2.45, 2.75) is 31.7 Å². The minimum absolute atomic E-state index is 0.0183. The third kappa shape index (κ3) is 3.96. The van der Waals surface area contributed by atoms with E-state index in [9.17, 15) is 13.2 Å². The maximum absolute atomic E-state index is 11.7. The Morgan fingerprint density at radius 1 is 1.26 bits per heavy atom.